The molecule has 0 bridgehead atoms. The Kier molecular flexibility index (Phi) is 6.00. The Balaban J connectivity index is 3.03. The van der Waals surface area contributed by atoms with E-state index in [9.17, 15) is 15.2 Å². The fourth-order valence-corrected chi connectivity index (χ4v) is 1.84. The van der Waals surface area contributed by atoms with Crippen molar-refractivity contribution in [2.24, 2.45) is 0 Å². The monoisotopic (exact) mass is 334 g/mol. The predicted molar refractivity (Wildman–Crippen MR) is 73.5 cm³/mol. The number of benzene rings is 1. The molecule has 1 atom stereocenters. The van der Waals surface area contributed by atoms with Crippen molar-refractivity contribution >= 4 is 27.3 Å². The summed E-state index contributed by atoms with van der Waals surface area (Å²) in [5, 5.41) is 31.6. The summed E-state index contributed by atoms with van der Waals surface area (Å²) in [5.41, 5.74) is 0.0876. The maximum atomic E-state index is 10.9. The number of hydrogen-bond acceptors (Lipinski definition) is 6. The Bertz CT molecular complexity index is 455. The third-order valence-electron chi connectivity index (χ3n) is 2.29. The lowest BCUT2D eigenvalue weighted by atomic mass is 10.2. The molecule has 1 aromatic rings. The molecule has 1 unspecified atom stereocenters. The lowest BCUT2D eigenvalue weighted by molar-refractivity contribution is -0.384. The van der Waals surface area contributed by atoms with Crippen LogP contribution in [0.15, 0.2) is 16.6 Å². The quantitative estimate of drug-likeness (QED) is 0.515. The van der Waals surface area contributed by atoms with Crippen LogP contribution in [0.2, 0.25) is 0 Å². The first-order chi connectivity index (χ1) is 8.99. The number of nitro groups is 1. The molecule has 8 heteroatoms. The number of aliphatic hydroxyl groups is 2. The highest BCUT2D eigenvalue weighted by Crippen LogP contribution is 2.36. The molecule has 106 valence electrons. The Hall–Kier alpha value is -1.38. The third-order valence-corrected chi connectivity index (χ3v) is 2.91. The van der Waals surface area contributed by atoms with Crippen LogP contribution in [0.1, 0.15) is 6.92 Å². The Labute approximate surface area is 118 Å². The van der Waals surface area contributed by atoms with E-state index in [1.54, 1.807) is 6.92 Å². The highest BCUT2D eigenvalue weighted by atomic mass is 79.9. The van der Waals surface area contributed by atoms with E-state index in [0.717, 1.165) is 0 Å². The fraction of sp³-hybridized carbons (Fsp3) is 0.455. The summed E-state index contributed by atoms with van der Waals surface area (Å²) in [4.78, 5) is 10.4. The number of anilines is 1. The van der Waals surface area contributed by atoms with Gasteiger partial charge in [-0.2, -0.15) is 0 Å². The van der Waals surface area contributed by atoms with E-state index in [-0.39, 0.29) is 17.9 Å². The molecule has 0 saturated heterocycles. The largest absolute Gasteiger partial charge is 0.493 e. The fourth-order valence-electron chi connectivity index (χ4n) is 1.39. The van der Waals surface area contributed by atoms with E-state index in [2.05, 4.69) is 21.2 Å². The van der Waals surface area contributed by atoms with Crippen molar-refractivity contribution in [3.05, 3.63) is 26.7 Å². The van der Waals surface area contributed by atoms with Gasteiger partial charge in [-0.3, -0.25) is 10.1 Å². The normalized spacial score (nSPS) is 12.0. The molecule has 0 aromatic heterocycles. The molecule has 0 aliphatic rings. The lowest BCUT2D eigenvalue weighted by Crippen LogP contribution is -2.23. The molecule has 0 aliphatic heterocycles. The van der Waals surface area contributed by atoms with E-state index >= 15 is 0 Å². The summed E-state index contributed by atoms with van der Waals surface area (Å²) < 4.78 is 5.80. The number of hydrogen-bond donors (Lipinski definition) is 3. The van der Waals surface area contributed by atoms with Crippen molar-refractivity contribution < 1.29 is 19.9 Å². The number of nitro benzene ring substituents is 1. The minimum Gasteiger partial charge on any atom is -0.493 e. The summed E-state index contributed by atoms with van der Waals surface area (Å²) in [6.45, 7) is 1.81. The highest BCUT2D eigenvalue weighted by molar-refractivity contribution is 9.10. The molecule has 1 rings (SSSR count). The second-order valence-corrected chi connectivity index (χ2v) is 4.56. The molecule has 0 aliphatic carbocycles. The number of halogens is 1. The molecular weight excluding hydrogens is 320 g/mol. The molecule has 0 saturated carbocycles. The minimum atomic E-state index is -0.987. The smallest absolute Gasteiger partial charge is 0.293 e. The summed E-state index contributed by atoms with van der Waals surface area (Å²) in [6, 6.07) is 2.81. The average Bonchev–Trinajstić information content (AvgIpc) is 2.38. The van der Waals surface area contributed by atoms with Crippen molar-refractivity contribution in [3.8, 4) is 5.75 Å². The van der Waals surface area contributed by atoms with Gasteiger partial charge in [-0.05, 0) is 22.9 Å². The molecule has 1 aromatic carbocycles. The van der Waals surface area contributed by atoms with Crippen LogP contribution < -0.4 is 10.1 Å². The molecule has 7 nitrogen and oxygen atoms in total. The standard InChI is InChI=1S/C11H15BrN2O5/c1-2-19-11-4-9(13-5-7(16)6-15)10(14(17)18)3-8(11)12/h3-4,7,13,15-16H,2,5-6H2,1H3. The lowest BCUT2D eigenvalue weighted by Gasteiger charge is -2.13. The Morgan fingerprint density at radius 3 is 2.79 bits per heavy atom. The minimum absolute atomic E-state index is 0.00450. The van der Waals surface area contributed by atoms with Gasteiger partial charge in [0.05, 0.1) is 28.7 Å². The van der Waals surface area contributed by atoms with Crippen LogP contribution >= 0.6 is 15.9 Å². The first-order valence-corrected chi connectivity index (χ1v) is 6.42. The highest BCUT2D eigenvalue weighted by Gasteiger charge is 2.18. The van der Waals surface area contributed by atoms with Gasteiger partial charge in [0.25, 0.3) is 5.69 Å². The topological polar surface area (TPSA) is 105 Å². The average molecular weight is 335 g/mol. The summed E-state index contributed by atoms with van der Waals surface area (Å²) >= 11 is 3.20. The van der Waals surface area contributed by atoms with E-state index in [1.807, 2.05) is 0 Å². The van der Waals surface area contributed by atoms with Crippen LogP contribution in [-0.4, -0.2) is 41.0 Å². The number of ether oxygens (including phenoxy) is 1. The summed E-state index contributed by atoms with van der Waals surface area (Å²) in [5.74, 6) is 0.467. The maximum absolute atomic E-state index is 10.9. The van der Waals surface area contributed by atoms with E-state index in [0.29, 0.717) is 16.8 Å². The Morgan fingerprint density at radius 1 is 1.58 bits per heavy atom. The molecule has 0 radical (unpaired) electrons. The number of rotatable bonds is 7. The number of nitrogens with one attached hydrogen (secondary N) is 1. The van der Waals surface area contributed by atoms with Crippen molar-refractivity contribution in [2.75, 3.05) is 25.1 Å². The van der Waals surface area contributed by atoms with Crippen LogP contribution in [0.4, 0.5) is 11.4 Å². The van der Waals surface area contributed by atoms with Gasteiger partial charge in [-0.25, -0.2) is 0 Å². The van der Waals surface area contributed by atoms with Crippen molar-refractivity contribution in [1.82, 2.24) is 0 Å². The molecular formula is C11H15BrN2O5. The van der Waals surface area contributed by atoms with Crippen molar-refractivity contribution in [1.29, 1.82) is 0 Å². The molecule has 0 spiro atoms. The van der Waals surface area contributed by atoms with Crippen LogP contribution in [0, 0.1) is 10.1 Å². The van der Waals surface area contributed by atoms with Crippen LogP contribution in [0.25, 0.3) is 0 Å². The molecule has 0 amide bonds. The third kappa shape index (κ3) is 4.34. The van der Waals surface area contributed by atoms with Crippen LogP contribution in [-0.2, 0) is 0 Å². The van der Waals surface area contributed by atoms with E-state index in [1.165, 1.54) is 12.1 Å². The maximum Gasteiger partial charge on any atom is 0.293 e. The Morgan fingerprint density at radius 2 is 2.26 bits per heavy atom. The van der Waals surface area contributed by atoms with Gasteiger partial charge in [0.2, 0.25) is 0 Å². The molecule has 3 N–H and O–H groups in total. The second kappa shape index (κ2) is 7.27. The molecule has 0 fully saturated rings. The molecule has 0 heterocycles. The zero-order valence-electron chi connectivity index (χ0n) is 10.3. The zero-order valence-corrected chi connectivity index (χ0v) is 11.9. The van der Waals surface area contributed by atoms with Gasteiger partial charge in [0, 0.05) is 18.7 Å². The SMILES string of the molecule is CCOc1cc(NCC(O)CO)c([N+](=O)[O-])cc1Br. The van der Waals surface area contributed by atoms with Crippen LogP contribution in [0.3, 0.4) is 0 Å². The van der Waals surface area contributed by atoms with Crippen molar-refractivity contribution in [3.63, 3.8) is 0 Å². The molecule has 19 heavy (non-hydrogen) atoms. The van der Waals surface area contributed by atoms with E-state index in [4.69, 9.17) is 9.84 Å². The summed E-state index contributed by atoms with van der Waals surface area (Å²) in [6.07, 6.45) is -0.987. The second-order valence-electron chi connectivity index (χ2n) is 3.71. The van der Waals surface area contributed by atoms with Crippen LogP contribution in [0.5, 0.6) is 5.75 Å². The zero-order chi connectivity index (χ0) is 14.4. The van der Waals surface area contributed by atoms with Crippen molar-refractivity contribution in [2.45, 2.75) is 13.0 Å². The van der Waals surface area contributed by atoms with Gasteiger partial charge in [-0.1, -0.05) is 0 Å². The number of nitrogens with zero attached hydrogens (tertiary/aromatic N) is 1. The number of aliphatic hydroxyl groups excluding tert-OH is 2. The first kappa shape index (κ1) is 15.7. The van der Waals surface area contributed by atoms with Gasteiger partial charge in [-0.15, -0.1) is 0 Å². The van der Waals surface area contributed by atoms with Gasteiger partial charge in [0.15, 0.2) is 0 Å². The summed E-state index contributed by atoms with van der Waals surface area (Å²) in [7, 11) is 0. The first-order valence-electron chi connectivity index (χ1n) is 5.63. The van der Waals surface area contributed by atoms with E-state index < -0.39 is 17.6 Å². The van der Waals surface area contributed by atoms with Gasteiger partial charge in [0.1, 0.15) is 11.4 Å². The van der Waals surface area contributed by atoms with Gasteiger partial charge >= 0.3 is 0 Å². The predicted octanol–water partition coefficient (Wildman–Crippen LogP) is 1.52. The van der Waals surface area contributed by atoms with Gasteiger partial charge < -0.3 is 20.3 Å².